The molecule has 0 atom stereocenters. The molecule has 0 spiro atoms. The zero-order chi connectivity index (χ0) is 14.5. The van der Waals surface area contributed by atoms with Gasteiger partial charge in [-0.3, -0.25) is 9.78 Å². The number of anilines is 1. The lowest BCUT2D eigenvalue weighted by Crippen LogP contribution is -2.31. The van der Waals surface area contributed by atoms with Crippen molar-refractivity contribution >= 4 is 23.2 Å². The molecule has 0 aliphatic heterocycles. The minimum Gasteiger partial charge on any atom is -0.508 e. The van der Waals surface area contributed by atoms with Crippen molar-refractivity contribution in [1.82, 2.24) is 4.98 Å². The molecule has 5 heteroatoms. The quantitative estimate of drug-likeness (QED) is 0.881. The lowest BCUT2D eigenvalue weighted by atomic mass is 10.1. The number of aromatic hydroxyl groups is 1. The van der Waals surface area contributed by atoms with Gasteiger partial charge in [-0.2, -0.15) is 0 Å². The van der Waals surface area contributed by atoms with Crippen LogP contribution in [0.1, 0.15) is 11.3 Å². The number of phenolic OH excluding ortho intramolecular Hbond substituents is 1. The standard InChI is InChI=1S/C15H15ClN2O2/c1-11-8-13(5-6-14(11)19)18(15(20)9-16)10-12-4-2-3-7-17-12/h2-8,19H,9-10H2,1H3. The summed E-state index contributed by atoms with van der Waals surface area (Å²) in [4.78, 5) is 17.8. The Bertz CT molecular complexity index is 602. The molecule has 1 N–H and O–H groups in total. The smallest absolute Gasteiger partial charge is 0.242 e. The van der Waals surface area contributed by atoms with Gasteiger partial charge in [0.2, 0.25) is 5.91 Å². The topological polar surface area (TPSA) is 53.4 Å². The molecule has 0 fully saturated rings. The van der Waals surface area contributed by atoms with Crippen LogP contribution in [0.5, 0.6) is 5.75 Å². The summed E-state index contributed by atoms with van der Waals surface area (Å²) in [5.74, 6) is -0.112. The summed E-state index contributed by atoms with van der Waals surface area (Å²) in [7, 11) is 0. The molecule has 0 aliphatic carbocycles. The van der Waals surface area contributed by atoms with Crippen molar-refractivity contribution < 1.29 is 9.90 Å². The second-order valence-electron chi connectivity index (χ2n) is 4.41. The first-order valence-corrected chi connectivity index (χ1v) is 6.71. The average molecular weight is 291 g/mol. The zero-order valence-electron chi connectivity index (χ0n) is 11.1. The van der Waals surface area contributed by atoms with Crippen LogP contribution >= 0.6 is 11.6 Å². The molecule has 2 aromatic rings. The summed E-state index contributed by atoms with van der Waals surface area (Å²) in [6.45, 7) is 2.12. The predicted octanol–water partition coefficient (Wildman–Crippen LogP) is 2.87. The number of aromatic nitrogens is 1. The Morgan fingerprint density at radius 3 is 2.75 bits per heavy atom. The van der Waals surface area contributed by atoms with Gasteiger partial charge < -0.3 is 10.0 Å². The molecule has 0 radical (unpaired) electrons. The molecule has 0 aliphatic rings. The van der Waals surface area contributed by atoms with Crippen molar-refractivity contribution in [2.75, 3.05) is 10.8 Å². The van der Waals surface area contributed by atoms with Crippen LogP contribution in [0.4, 0.5) is 5.69 Å². The molecule has 1 amide bonds. The van der Waals surface area contributed by atoms with E-state index in [1.807, 2.05) is 18.2 Å². The van der Waals surface area contributed by atoms with Crippen LogP contribution in [0.25, 0.3) is 0 Å². The first-order valence-electron chi connectivity index (χ1n) is 6.17. The summed E-state index contributed by atoms with van der Waals surface area (Å²) >= 11 is 5.67. The zero-order valence-corrected chi connectivity index (χ0v) is 11.8. The summed E-state index contributed by atoms with van der Waals surface area (Å²) < 4.78 is 0. The molecule has 1 aromatic heterocycles. The second-order valence-corrected chi connectivity index (χ2v) is 4.67. The van der Waals surface area contributed by atoms with Crippen molar-refractivity contribution in [2.24, 2.45) is 0 Å². The predicted molar refractivity (Wildman–Crippen MR) is 79.0 cm³/mol. The largest absolute Gasteiger partial charge is 0.508 e. The van der Waals surface area contributed by atoms with Gasteiger partial charge in [-0.15, -0.1) is 11.6 Å². The van der Waals surface area contributed by atoms with Crippen LogP contribution in [-0.2, 0) is 11.3 Å². The van der Waals surface area contributed by atoms with Crippen molar-refractivity contribution in [3.8, 4) is 5.75 Å². The Morgan fingerprint density at radius 1 is 1.35 bits per heavy atom. The number of halogens is 1. The van der Waals surface area contributed by atoms with Crippen LogP contribution in [0.2, 0.25) is 0 Å². The van der Waals surface area contributed by atoms with Gasteiger partial charge in [0.15, 0.2) is 0 Å². The average Bonchev–Trinajstić information content (AvgIpc) is 2.48. The summed E-state index contributed by atoms with van der Waals surface area (Å²) in [5, 5.41) is 9.57. The highest BCUT2D eigenvalue weighted by molar-refractivity contribution is 6.29. The van der Waals surface area contributed by atoms with Gasteiger partial charge in [-0.1, -0.05) is 6.07 Å². The first kappa shape index (κ1) is 14.3. The van der Waals surface area contributed by atoms with Gasteiger partial charge in [-0.25, -0.2) is 0 Å². The normalized spacial score (nSPS) is 10.3. The number of hydrogen-bond donors (Lipinski definition) is 1. The number of rotatable bonds is 4. The lowest BCUT2D eigenvalue weighted by molar-refractivity contribution is -0.116. The Hall–Kier alpha value is -2.07. The minimum atomic E-state index is -0.206. The number of carbonyl (C=O) groups is 1. The number of nitrogens with zero attached hydrogens (tertiary/aromatic N) is 2. The van der Waals surface area contributed by atoms with E-state index in [1.54, 1.807) is 36.2 Å². The Kier molecular flexibility index (Phi) is 4.58. The number of carbonyl (C=O) groups excluding carboxylic acids is 1. The third-order valence-corrected chi connectivity index (χ3v) is 3.18. The highest BCUT2D eigenvalue weighted by atomic mass is 35.5. The van der Waals surface area contributed by atoms with E-state index >= 15 is 0 Å². The third kappa shape index (κ3) is 3.27. The van der Waals surface area contributed by atoms with Crippen LogP contribution in [0, 0.1) is 6.92 Å². The molecule has 4 nitrogen and oxygen atoms in total. The molecular weight excluding hydrogens is 276 g/mol. The number of benzene rings is 1. The first-order chi connectivity index (χ1) is 9.61. The van der Waals surface area contributed by atoms with Gasteiger partial charge in [0.1, 0.15) is 11.6 Å². The molecule has 20 heavy (non-hydrogen) atoms. The Labute approximate surface area is 122 Å². The van der Waals surface area contributed by atoms with E-state index in [2.05, 4.69) is 4.98 Å². The third-order valence-electron chi connectivity index (χ3n) is 2.95. The fourth-order valence-electron chi connectivity index (χ4n) is 1.86. The van der Waals surface area contributed by atoms with Crippen LogP contribution < -0.4 is 4.90 Å². The van der Waals surface area contributed by atoms with E-state index in [1.165, 1.54) is 0 Å². The van der Waals surface area contributed by atoms with Gasteiger partial charge in [0, 0.05) is 11.9 Å². The summed E-state index contributed by atoms with van der Waals surface area (Å²) in [6.07, 6.45) is 1.68. The van der Waals surface area contributed by atoms with Crippen LogP contribution in [0.3, 0.4) is 0 Å². The maximum Gasteiger partial charge on any atom is 0.242 e. The van der Waals surface area contributed by atoms with Gasteiger partial charge in [0.05, 0.1) is 12.2 Å². The number of amides is 1. The van der Waals surface area contributed by atoms with E-state index in [4.69, 9.17) is 11.6 Å². The maximum atomic E-state index is 12.0. The van der Waals surface area contributed by atoms with Crippen LogP contribution in [0.15, 0.2) is 42.6 Å². The fourth-order valence-corrected chi connectivity index (χ4v) is 2.00. The molecule has 2 rings (SSSR count). The Balaban J connectivity index is 2.32. The van der Waals surface area contributed by atoms with E-state index in [-0.39, 0.29) is 17.5 Å². The number of pyridine rings is 1. The number of hydrogen-bond acceptors (Lipinski definition) is 3. The molecule has 0 saturated carbocycles. The van der Waals surface area contributed by atoms with E-state index in [0.29, 0.717) is 17.8 Å². The number of phenols is 1. The summed E-state index contributed by atoms with van der Waals surface area (Å²) in [6, 6.07) is 10.5. The van der Waals surface area contributed by atoms with Gasteiger partial charge >= 0.3 is 0 Å². The molecule has 104 valence electrons. The molecule has 0 bridgehead atoms. The van der Waals surface area contributed by atoms with Crippen molar-refractivity contribution in [3.63, 3.8) is 0 Å². The van der Waals surface area contributed by atoms with E-state index in [0.717, 1.165) is 5.69 Å². The van der Waals surface area contributed by atoms with Crippen molar-refractivity contribution in [1.29, 1.82) is 0 Å². The van der Waals surface area contributed by atoms with Crippen LogP contribution in [-0.4, -0.2) is 21.9 Å². The molecular formula is C15H15ClN2O2. The highest BCUT2D eigenvalue weighted by Gasteiger charge is 2.16. The summed E-state index contributed by atoms with van der Waals surface area (Å²) in [5.41, 5.74) is 2.17. The molecule has 0 saturated heterocycles. The van der Waals surface area contributed by atoms with Crippen molar-refractivity contribution in [3.05, 3.63) is 53.9 Å². The van der Waals surface area contributed by atoms with E-state index in [9.17, 15) is 9.90 Å². The Morgan fingerprint density at radius 2 is 2.15 bits per heavy atom. The fraction of sp³-hybridized carbons (Fsp3) is 0.200. The van der Waals surface area contributed by atoms with Gasteiger partial charge in [-0.05, 0) is 42.8 Å². The number of alkyl halides is 1. The van der Waals surface area contributed by atoms with E-state index < -0.39 is 0 Å². The highest BCUT2D eigenvalue weighted by Crippen LogP contribution is 2.24. The monoisotopic (exact) mass is 290 g/mol. The minimum absolute atomic E-state index is 0.104. The van der Waals surface area contributed by atoms with Gasteiger partial charge in [0.25, 0.3) is 0 Å². The molecule has 1 aromatic carbocycles. The second kappa shape index (κ2) is 6.39. The number of aryl methyl sites for hydroxylation is 1. The maximum absolute atomic E-state index is 12.0. The molecule has 1 heterocycles. The van der Waals surface area contributed by atoms with Crippen molar-refractivity contribution in [2.45, 2.75) is 13.5 Å². The SMILES string of the molecule is Cc1cc(N(Cc2ccccn2)C(=O)CCl)ccc1O. The lowest BCUT2D eigenvalue weighted by Gasteiger charge is -2.22. The molecule has 0 unspecified atom stereocenters.